The number of nitrogens with zero attached hydrogens (tertiary/aromatic N) is 4. The molecule has 3 heterocycles. The minimum absolute atomic E-state index is 0.130. The summed E-state index contributed by atoms with van der Waals surface area (Å²) in [6.07, 6.45) is 4.79. The number of rotatable bonds is 6. The predicted octanol–water partition coefficient (Wildman–Crippen LogP) is 0.611. The molecule has 0 unspecified atom stereocenters. The van der Waals surface area contributed by atoms with Gasteiger partial charge < -0.3 is 19.9 Å². The van der Waals surface area contributed by atoms with Gasteiger partial charge in [-0.3, -0.25) is 9.88 Å². The number of nitrogens with one attached hydrogen (secondary N) is 1. The summed E-state index contributed by atoms with van der Waals surface area (Å²) in [6.45, 7) is 3.29. The van der Waals surface area contributed by atoms with E-state index in [-0.39, 0.29) is 18.5 Å². The molecule has 1 atom stereocenters. The number of pyridine rings is 1. The molecule has 0 aliphatic carbocycles. The summed E-state index contributed by atoms with van der Waals surface area (Å²) in [5, 5.41) is 12.9. The SMILES string of the molecule is CN1CCNC[C@@H]1c1nccnc1OCCOc1cccnc1O. The first kappa shape index (κ1) is 16.4. The molecule has 3 rings (SSSR count). The second kappa shape index (κ2) is 7.89. The van der Waals surface area contributed by atoms with Crippen molar-refractivity contribution in [3.05, 3.63) is 36.4 Å². The summed E-state index contributed by atoms with van der Waals surface area (Å²) in [7, 11) is 2.07. The second-order valence-electron chi connectivity index (χ2n) is 5.47. The number of piperazine rings is 1. The minimum atomic E-state index is -0.132. The van der Waals surface area contributed by atoms with Crippen LogP contribution in [0.25, 0.3) is 0 Å². The van der Waals surface area contributed by atoms with Crippen LogP contribution >= 0.6 is 0 Å². The number of hydrogen-bond donors (Lipinski definition) is 2. The van der Waals surface area contributed by atoms with Crippen molar-refractivity contribution in [3.63, 3.8) is 0 Å². The van der Waals surface area contributed by atoms with Gasteiger partial charge in [-0.2, -0.15) is 0 Å². The molecule has 128 valence electrons. The molecule has 2 aromatic rings. The smallest absolute Gasteiger partial charge is 0.254 e. The molecule has 0 saturated carbocycles. The minimum Gasteiger partial charge on any atom is -0.491 e. The van der Waals surface area contributed by atoms with E-state index in [9.17, 15) is 5.11 Å². The van der Waals surface area contributed by atoms with Crippen molar-refractivity contribution in [3.8, 4) is 17.5 Å². The number of likely N-dealkylation sites (N-methyl/N-ethyl adjacent to an activating group) is 1. The van der Waals surface area contributed by atoms with Gasteiger partial charge in [0, 0.05) is 38.2 Å². The zero-order valence-corrected chi connectivity index (χ0v) is 13.6. The lowest BCUT2D eigenvalue weighted by Crippen LogP contribution is -2.44. The third-order valence-corrected chi connectivity index (χ3v) is 3.85. The van der Waals surface area contributed by atoms with E-state index in [2.05, 4.69) is 32.2 Å². The zero-order chi connectivity index (χ0) is 16.8. The summed E-state index contributed by atoms with van der Waals surface area (Å²) in [5.74, 6) is 0.710. The molecule has 8 nitrogen and oxygen atoms in total. The molecule has 8 heteroatoms. The van der Waals surface area contributed by atoms with Crippen LogP contribution in [-0.2, 0) is 0 Å². The molecule has 1 aliphatic rings. The third kappa shape index (κ3) is 3.90. The first-order valence-corrected chi connectivity index (χ1v) is 7.87. The van der Waals surface area contributed by atoms with E-state index in [0.29, 0.717) is 18.2 Å². The van der Waals surface area contributed by atoms with E-state index in [0.717, 1.165) is 25.3 Å². The number of aromatic nitrogens is 3. The topological polar surface area (TPSA) is 92.6 Å². The molecule has 0 aromatic carbocycles. The lowest BCUT2D eigenvalue weighted by molar-refractivity contribution is 0.178. The molecule has 0 amide bonds. The van der Waals surface area contributed by atoms with Gasteiger partial charge in [0.15, 0.2) is 5.75 Å². The van der Waals surface area contributed by atoms with Gasteiger partial charge in [-0.15, -0.1) is 0 Å². The highest BCUT2D eigenvalue weighted by molar-refractivity contribution is 5.30. The van der Waals surface area contributed by atoms with Crippen LogP contribution in [0.2, 0.25) is 0 Å². The Kier molecular flexibility index (Phi) is 5.39. The van der Waals surface area contributed by atoms with Gasteiger partial charge in [0.05, 0.1) is 6.04 Å². The summed E-state index contributed by atoms with van der Waals surface area (Å²) in [6, 6.07) is 3.48. The molecule has 0 spiro atoms. The van der Waals surface area contributed by atoms with E-state index < -0.39 is 0 Å². The Morgan fingerprint density at radius 2 is 2.04 bits per heavy atom. The van der Waals surface area contributed by atoms with Crippen LogP contribution < -0.4 is 14.8 Å². The van der Waals surface area contributed by atoms with Gasteiger partial charge in [0.1, 0.15) is 18.9 Å². The van der Waals surface area contributed by atoms with E-state index in [4.69, 9.17) is 9.47 Å². The summed E-state index contributed by atoms with van der Waals surface area (Å²) in [4.78, 5) is 14.7. The van der Waals surface area contributed by atoms with E-state index in [1.165, 1.54) is 6.20 Å². The standard InChI is InChI=1S/C16H21N5O3/c1-21-8-7-17-11-12(21)14-16(20-6-5-18-14)24-10-9-23-13-3-2-4-19-15(13)22/h2-6,12,17H,7-11H2,1H3,(H,19,22)/t12-/m1/s1. The highest BCUT2D eigenvalue weighted by Gasteiger charge is 2.25. The van der Waals surface area contributed by atoms with Gasteiger partial charge >= 0.3 is 0 Å². The first-order valence-electron chi connectivity index (χ1n) is 7.87. The van der Waals surface area contributed by atoms with Crippen molar-refractivity contribution in [2.24, 2.45) is 0 Å². The molecule has 0 bridgehead atoms. The van der Waals surface area contributed by atoms with Gasteiger partial charge in [0.2, 0.25) is 5.88 Å². The maximum absolute atomic E-state index is 9.56. The van der Waals surface area contributed by atoms with Crippen LogP contribution in [0.4, 0.5) is 0 Å². The van der Waals surface area contributed by atoms with Crippen molar-refractivity contribution >= 4 is 0 Å². The van der Waals surface area contributed by atoms with Crippen LogP contribution in [0.5, 0.6) is 17.5 Å². The molecule has 0 radical (unpaired) electrons. The number of aromatic hydroxyl groups is 1. The predicted molar refractivity (Wildman–Crippen MR) is 87.2 cm³/mol. The van der Waals surface area contributed by atoms with Gasteiger partial charge in [-0.1, -0.05) is 0 Å². The van der Waals surface area contributed by atoms with Crippen LogP contribution in [0, 0.1) is 0 Å². The van der Waals surface area contributed by atoms with Crippen LogP contribution in [0.1, 0.15) is 11.7 Å². The van der Waals surface area contributed by atoms with Gasteiger partial charge in [0.25, 0.3) is 5.88 Å². The lowest BCUT2D eigenvalue weighted by Gasteiger charge is -2.32. The Bertz CT molecular complexity index is 670. The third-order valence-electron chi connectivity index (χ3n) is 3.85. The van der Waals surface area contributed by atoms with Crippen molar-refractivity contribution in [2.45, 2.75) is 6.04 Å². The maximum Gasteiger partial charge on any atom is 0.254 e. The molecular formula is C16H21N5O3. The highest BCUT2D eigenvalue weighted by atomic mass is 16.5. The quantitative estimate of drug-likeness (QED) is 0.744. The molecule has 2 aromatic heterocycles. The first-order chi connectivity index (χ1) is 11.8. The summed E-state index contributed by atoms with van der Waals surface area (Å²) >= 11 is 0. The average Bonchev–Trinajstić information content (AvgIpc) is 2.61. The van der Waals surface area contributed by atoms with Crippen molar-refractivity contribution in [1.29, 1.82) is 0 Å². The molecule has 1 fully saturated rings. The van der Waals surface area contributed by atoms with E-state index in [1.54, 1.807) is 24.5 Å². The van der Waals surface area contributed by atoms with Gasteiger partial charge in [-0.05, 0) is 19.2 Å². The number of hydrogen-bond acceptors (Lipinski definition) is 8. The molecule has 1 saturated heterocycles. The van der Waals surface area contributed by atoms with Crippen LogP contribution in [0.3, 0.4) is 0 Å². The zero-order valence-electron chi connectivity index (χ0n) is 13.6. The molecular weight excluding hydrogens is 310 g/mol. The van der Waals surface area contributed by atoms with Gasteiger partial charge in [-0.25, -0.2) is 9.97 Å². The Labute approximate surface area is 140 Å². The maximum atomic E-state index is 9.56. The molecule has 1 aliphatic heterocycles. The fourth-order valence-electron chi connectivity index (χ4n) is 2.57. The van der Waals surface area contributed by atoms with Crippen LogP contribution in [0.15, 0.2) is 30.7 Å². The molecule has 24 heavy (non-hydrogen) atoms. The lowest BCUT2D eigenvalue weighted by atomic mass is 10.1. The molecule has 2 N–H and O–H groups in total. The van der Waals surface area contributed by atoms with E-state index in [1.807, 2.05) is 0 Å². The Hall–Kier alpha value is -2.45. The fraction of sp³-hybridized carbons (Fsp3) is 0.438. The van der Waals surface area contributed by atoms with Crippen LogP contribution in [-0.4, -0.2) is 64.9 Å². The number of ether oxygens (including phenoxy) is 2. The normalized spacial score (nSPS) is 18.3. The summed E-state index contributed by atoms with van der Waals surface area (Å²) in [5.41, 5.74) is 0.816. The highest BCUT2D eigenvalue weighted by Crippen LogP contribution is 2.25. The second-order valence-corrected chi connectivity index (χ2v) is 5.47. The monoisotopic (exact) mass is 331 g/mol. The average molecular weight is 331 g/mol. The fourth-order valence-corrected chi connectivity index (χ4v) is 2.57. The summed E-state index contributed by atoms with van der Waals surface area (Å²) < 4.78 is 11.2. The Balaban J connectivity index is 1.58. The Morgan fingerprint density at radius 3 is 2.88 bits per heavy atom. The van der Waals surface area contributed by atoms with Crippen molar-refractivity contribution in [1.82, 2.24) is 25.2 Å². The Morgan fingerprint density at radius 1 is 1.21 bits per heavy atom. The van der Waals surface area contributed by atoms with Crippen molar-refractivity contribution in [2.75, 3.05) is 39.9 Å². The largest absolute Gasteiger partial charge is 0.491 e. The van der Waals surface area contributed by atoms with Crippen molar-refractivity contribution < 1.29 is 14.6 Å². The van der Waals surface area contributed by atoms with E-state index >= 15 is 0 Å².